The predicted molar refractivity (Wildman–Crippen MR) is 89.3 cm³/mol. The third kappa shape index (κ3) is 2.95. The van der Waals surface area contributed by atoms with Crippen LogP contribution in [0.4, 0.5) is 4.79 Å². The van der Waals surface area contributed by atoms with Gasteiger partial charge >= 0.3 is 6.09 Å². The van der Waals surface area contributed by atoms with E-state index in [0.29, 0.717) is 0 Å². The summed E-state index contributed by atoms with van der Waals surface area (Å²) in [6, 6.07) is 7.60. The first-order valence-electron chi connectivity index (χ1n) is 7.47. The quantitative estimate of drug-likeness (QED) is 0.676. The van der Waals surface area contributed by atoms with Gasteiger partial charge in [-0.25, -0.2) is 9.36 Å². The monoisotopic (exact) mass is 309 g/mol. The van der Waals surface area contributed by atoms with Gasteiger partial charge in [0.25, 0.3) is 0 Å². The number of carbonyl (C=O) groups excluding carboxylic acids is 1. The lowest BCUT2D eigenvalue weighted by Gasteiger charge is -2.20. The van der Waals surface area contributed by atoms with Crippen molar-refractivity contribution in [3.05, 3.63) is 48.5 Å². The second-order valence-electron chi connectivity index (χ2n) is 6.43. The van der Waals surface area contributed by atoms with E-state index >= 15 is 0 Å². The first kappa shape index (κ1) is 15.2. The highest BCUT2D eigenvalue weighted by molar-refractivity contribution is 5.98. The molecule has 0 saturated heterocycles. The van der Waals surface area contributed by atoms with E-state index in [9.17, 15) is 4.79 Å². The van der Waals surface area contributed by atoms with E-state index in [1.807, 2.05) is 52.0 Å². The highest BCUT2D eigenvalue weighted by Gasteiger charge is 2.22. The largest absolute Gasteiger partial charge is 0.443 e. The lowest BCUT2D eigenvalue weighted by molar-refractivity contribution is 0.0542. The third-order valence-electron chi connectivity index (χ3n) is 3.44. The number of hydrogen-bond acceptors (Lipinski definition) is 4. The van der Waals surface area contributed by atoms with Gasteiger partial charge in [0.15, 0.2) is 0 Å². The van der Waals surface area contributed by atoms with E-state index < -0.39 is 5.60 Å². The van der Waals surface area contributed by atoms with Crippen molar-refractivity contribution in [1.29, 1.82) is 0 Å². The van der Waals surface area contributed by atoms with Crippen LogP contribution in [-0.4, -0.2) is 26.2 Å². The molecule has 0 saturated carbocycles. The summed E-state index contributed by atoms with van der Waals surface area (Å²) < 4.78 is 7.10. The number of pyridine rings is 2. The van der Waals surface area contributed by atoms with Crippen LogP contribution in [-0.2, 0) is 4.74 Å². The Balaban J connectivity index is 2.16. The molecule has 3 aromatic heterocycles. The second-order valence-corrected chi connectivity index (χ2v) is 6.43. The molecule has 5 nitrogen and oxygen atoms in total. The van der Waals surface area contributed by atoms with Crippen molar-refractivity contribution in [3.8, 4) is 11.3 Å². The lowest BCUT2D eigenvalue weighted by Crippen LogP contribution is -2.27. The highest BCUT2D eigenvalue weighted by Crippen LogP contribution is 2.29. The maximum Gasteiger partial charge on any atom is 0.419 e. The number of rotatable bonds is 1. The molecule has 118 valence electrons. The number of nitrogens with zero attached hydrogens (tertiary/aromatic N) is 3. The van der Waals surface area contributed by atoms with Crippen LogP contribution >= 0.6 is 0 Å². The van der Waals surface area contributed by atoms with Crippen molar-refractivity contribution in [2.45, 2.75) is 33.3 Å². The number of aromatic nitrogens is 3. The summed E-state index contributed by atoms with van der Waals surface area (Å²) in [5.74, 6) is 0. The van der Waals surface area contributed by atoms with Crippen LogP contribution in [0.1, 0.15) is 26.5 Å². The summed E-state index contributed by atoms with van der Waals surface area (Å²) in [4.78, 5) is 21.0. The summed E-state index contributed by atoms with van der Waals surface area (Å²) in [5.41, 5.74) is 2.86. The fourth-order valence-corrected chi connectivity index (χ4v) is 2.55. The topological polar surface area (TPSA) is 57.0 Å². The van der Waals surface area contributed by atoms with E-state index in [1.54, 1.807) is 23.2 Å². The normalized spacial score (nSPS) is 11.7. The second kappa shape index (κ2) is 5.50. The SMILES string of the molecule is Cc1cc2c(-c3ccncc3)nccc2n1C(=O)OC(C)(C)C. The molecular formula is C18H19N3O2. The molecule has 0 radical (unpaired) electrons. The van der Waals surface area contributed by atoms with Crippen LogP contribution in [0.5, 0.6) is 0 Å². The van der Waals surface area contributed by atoms with Gasteiger partial charge in [0.2, 0.25) is 0 Å². The van der Waals surface area contributed by atoms with Crippen LogP contribution in [0, 0.1) is 6.92 Å². The Morgan fingerprint density at radius 2 is 1.83 bits per heavy atom. The molecule has 0 aromatic carbocycles. The van der Waals surface area contributed by atoms with Crippen LogP contribution in [0.3, 0.4) is 0 Å². The van der Waals surface area contributed by atoms with E-state index in [-0.39, 0.29) is 6.09 Å². The molecule has 0 aliphatic carbocycles. The molecule has 23 heavy (non-hydrogen) atoms. The van der Waals surface area contributed by atoms with Crippen molar-refractivity contribution in [2.75, 3.05) is 0 Å². The maximum atomic E-state index is 12.5. The molecule has 0 unspecified atom stereocenters. The van der Waals surface area contributed by atoms with Gasteiger partial charge in [-0.1, -0.05) is 0 Å². The van der Waals surface area contributed by atoms with Crippen molar-refractivity contribution >= 4 is 17.0 Å². The van der Waals surface area contributed by atoms with Crippen molar-refractivity contribution < 1.29 is 9.53 Å². The molecule has 3 heterocycles. The Morgan fingerprint density at radius 3 is 2.48 bits per heavy atom. The molecule has 0 spiro atoms. The summed E-state index contributed by atoms with van der Waals surface area (Å²) in [6.07, 6.45) is 4.79. The van der Waals surface area contributed by atoms with Crippen molar-refractivity contribution in [1.82, 2.24) is 14.5 Å². The summed E-state index contributed by atoms with van der Waals surface area (Å²) in [6.45, 7) is 7.46. The average molecular weight is 309 g/mol. The van der Waals surface area contributed by atoms with Gasteiger partial charge in [-0.2, -0.15) is 0 Å². The van der Waals surface area contributed by atoms with E-state index in [1.165, 1.54) is 0 Å². The molecule has 3 rings (SSSR count). The number of ether oxygens (including phenoxy) is 1. The maximum absolute atomic E-state index is 12.5. The predicted octanol–water partition coefficient (Wildman–Crippen LogP) is 4.19. The van der Waals surface area contributed by atoms with Gasteiger partial charge in [0, 0.05) is 35.2 Å². The van der Waals surface area contributed by atoms with Gasteiger partial charge < -0.3 is 4.74 Å². The van der Waals surface area contributed by atoms with Crippen molar-refractivity contribution in [3.63, 3.8) is 0 Å². The Labute approximate surface area is 134 Å². The summed E-state index contributed by atoms with van der Waals surface area (Å²) in [5, 5.41) is 0.919. The zero-order valence-corrected chi connectivity index (χ0v) is 13.7. The molecular weight excluding hydrogens is 290 g/mol. The smallest absolute Gasteiger partial charge is 0.419 e. The zero-order valence-electron chi connectivity index (χ0n) is 13.7. The summed E-state index contributed by atoms with van der Waals surface area (Å²) >= 11 is 0. The molecule has 0 bridgehead atoms. The Kier molecular flexibility index (Phi) is 3.64. The first-order chi connectivity index (χ1) is 10.9. The Bertz CT molecular complexity index is 861. The molecule has 0 atom stereocenters. The van der Waals surface area contributed by atoms with Gasteiger partial charge in [0.1, 0.15) is 5.60 Å². The summed E-state index contributed by atoms with van der Waals surface area (Å²) in [7, 11) is 0. The fraction of sp³-hybridized carbons (Fsp3) is 0.278. The molecule has 0 amide bonds. The van der Waals surface area contributed by atoms with Gasteiger partial charge in [-0.3, -0.25) is 9.97 Å². The molecule has 0 N–H and O–H groups in total. The number of aryl methyl sites for hydroxylation is 1. The lowest BCUT2D eigenvalue weighted by atomic mass is 10.1. The van der Waals surface area contributed by atoms with Gasteiger partial charge in [-0.15, -0.1) is 0 Å². The van der Waals surface area contributed by atoms with Crippen LogP contribution in [0.2, 0.25) is 0 Å². The standard InChI is InChI=1S/C18H19N3O2/c1-12-11-14-15(21(12)17(22)23-18(2,3)4)7-10-20-16(14)13-5-8-19-9-6-13/h5-11H,1-4H3. The van der Waals surface area contributed by atoms with E-state index in [2.05, 4.69) is 9.97 Å². The van der Waals surface area contributed by atoms with E-state index in [0.717, 1.165) is 27.9 Å². The highest BCUT2D eigenvalue weighted by atomic mass is 16.6. The van der Waals surface area contributed by atoms with Gasteiger partial charge in [0.05, 0.1) is 11.2 Å². The minimum absolute atomic E-state index is 0.378. The molecule has 0 fully saturated rings. The van der Waals surface area contributed by atoms with Crippen LogP contribution < -0.4 is 0 Å². The first-order valence-corrected chi connectivity index (χ1v) is 7.47. The van der Waals surface area contributed by atoms with Crippen LogP contribution in [0.25, 0.3) is 22.2 Å². The number of hydrogen-bond donors (Lipinski definition) is 0. The Morgan fingerprint density at radius 1 is 1.13 bits per heavy atom. The average Bonchev–Trinajstić information content (AvgIpc) is 2.82. The number of fused-ring (bicyclic) bond motifs is 1. The molecule has 0 aliphatic rings. The minimum atomic E-state index is -0.541. The minimum Gasteiger partial charge on any atom is -0.443 e. The Hall–Kier alpha value is -2.69. The molecule has 3 aromatic rings. The van der Waals surface area contributed by atoms with Gasteiger partial charge in [-0.05, 0) is 52.0 Å². The molecule has 0 aliphatic heterocycles. The fourth-order valence-electron chi connectivity index (χ4n) is 2.55. The third-order valence-corrected chi connectivity index (χ3v) is 3.44. The van der Waals surface area contributed by atoms with E-state index in [4.69, 9.17) is 4.74 Å². The molecule has 5 heteroatoms. The van der Waals surface area contributed by atoms with Crippen LogP contribution in [0.15, 0.2) is 42.9 Å². The number of carbonyl (C=O) groups is 1. The van der Waals surface area contributed by atoms with Crippen molar-refractivity contribution in [2.24, 2.45) is 0 Å². The zero-order chi connectivity index (χ0) is 16.6.